The molecule has 0 aliphatic heterocycles. The number of hydrogen-bond donors (Lipinski definition) is 0. The van der Waals surface area contributed by atoms with Gasteiger partial charge in [0, 0.05) is 0 Å². The quantitative estimate of drug-likeness (QED) is 0.647. The van der Waals surface area contributed by atoms with Crippen LogP contribution in [0.15, 0.2) is 35.4 Å². The molecule has 0 saturated carbocycles. The molecular formula is C16H16FN5O3. The minimum Gasteiger partial charge on any atom is -0.464 e. The molecule has 0 aliphatic carbocycles. The van der Waals surface area contributed by atoms with E-state index in [9.17, 15) is 14.0 Å². The molecule has 1 atom stereocenters. The van der Waals surface area contributed by atoms with Crippen molar-refractivity contribution in [3.05, 3.63) is 52.3 Å². The summed E-state index contributed by atoms with van der Waals surface area (Å²) in [4.78, 5) is 28.6. The van der Waals surface area contributed by atoms with E-state index >= 15 is 0 Å². The summed E-state index contributed by atoms with van der Waals surface area (Å²) in [6.07, 6.45) is 1.27. The molecule has 0 radical (unpaired) electrons. The highest BCUT2D eigenvalue weighted by molar-refractivity contribution is 5.74. The Morgan fingerprint density at radius 2 is 2.04 bits per heavy atom. The van der Waals surface area contributed by atoms with E-state index in [-0.39, 0.29) is 17.9 Å². The highest BCUT2D eigenvalue weighted by Gasteiger charge is 2.20. The molecule has 25 heavy (non-hydrogen) atoms. The third-order valence-electron chi connectivity index (χ3n) is 3.74. The van der Waals surface area contributed by atoms with Crippen molar-refractivity contribution in [3.63, 3.8) is 0 Å². The number of carbonyl (C=O) groups excluding carboxylic acids is 1. The Morgan fingerprint density at radius 1 is 1.32 bits per heavy atom. The second kappa shape index (κ2) is 6.80. The zero-order valence-corrected chi connectivity index (χ0v) is 13.7. The Labute approximate surface area is 141 Å². The molecule has 8 nitrogen and oxygen atoms in total. The highest BCUT2D eigenvalue weighted by atomic mass is 19.1. The van der Waals surface area contributed by atoms with Gasteiger partial charge in [0.25, 0.3) is 5.56 Å². The molecule has 0 saturated heterocycles. The second-order valence-electron chi connectivity index (χ2n) is 5.43. The second-order valence-corrected chi connectivity index (χ2v) is 5.43. The van der Waals surface area contributed by atoms with Crippen LogP contribution in [-0.2, 0) is 16.1 Å². The van der Waals surface area contributed by atoms with E-state index in [0.29, 0.717) is 12.2 Å². The number of carbonyl (C=O) groups is 1. The standard InChI is InChI=1S/C16H16FN5O3/c1-3-25-16(24)10(2)21-9-18-14-13(15(21)23)19-20-22(14)8-11-4-6-12(17)7-5-11/h4-7,9-10H,3,8H2,1-2H3/t10-/m0/s1. The number of halogens is 1. The summed E-state index contributed by atoms with van der Waals surface area (Å²) in [5.41, 5.74) is 0.664. The van der Waals surface area contributed by atoms with Gasteiger partial charge in [-0.3, -0.25) is 9.36 Å². The third kappa shape index (κ3) is 3.25. The average molecular weight is 345 g/mol. The number of esters is 1. The van der Waals surface area contributed by atoms with E-state index in [1.807, 2.05) is 0 Å². The van der Waals surface area contributed by atoms with E-state index in [4.69, 9.17) is 4.74 Å². The number of fused-ring (bicyclic) bond motifs is 1. The molecule has 0 amide bonds. The lowest BCUT2D eigenvalue weighted by Gasteiger charge is -2.12. The smallest absolute Gasteiger partial charge is 0.328 e. The lowest BCUT2D eigenvalue weighted by molar-refractivity contribution is -0.146. The van der Waals surface area contributed by atoms with Crippen LogP contribution in [0.1, 0.15) is 25.5 Å². The van der Waals surface area contributed by atoms with Gasteiger partial charge < -0.3 is 4.74 Å². The monoisotopic (exact) mass is 345 g/mol. The Morgan fingerprint density at radius 3 is 2.72 bits per heavy atom. The minimum atomic E-state index is -0.813. The van der Waals surface area contributed by atoms with Gasteiger partial charge >= 0.3 is 5.97 Å². The summed E-state index contributed by atoms with van der Waals surface area (Å²) in [6, 6.07) is 5.11. The Kier molecular flexibility index (Phi) is 4.55. The summed E-state index contributed by atoms with van der Waals surface area (Å²) < 4.78 is 20.5. The Hall–Kier alpha value is -3.10. The van der Waals surface area contributed by atoms with E-state index in [2.05, 4.69) is 15.3 Å². The van der Waals surface area contributed by atoms with Crippen LogP contribution in [0.5, 0.6) is 0 Å². The Bertz CT molecular complexity index is 964. The molecule has 130 valence electrons. The van der Waals surface area contributed by atoms with Crippen LogP contribution in [0, 0.1) is 5.82 Å². The SMILES string of the molecule is CCOC(=O)[C@H](C)n1cnc2c(nnn2Cc2ccc(F)cc2)c1=O. The fourth-order valence-corrected chi connectivity index (χ4v) is 2.39. The van der Waals surface area contributed by atoms with Gasteiger partial charge in [-0.1, -0.05) is 17.3 Å². The number of benzene rings is 1. The summed E-state index contributed by atoms with van der Waals surface area (Å²) in [7, 11) is 0. The number of aromatic nitrogens is 5. The number of nitrogens with zero attached hydrogens (tertiary/aromatic N) is 5. The zero-order chi connectivity index (χ0) is 18.0. The maximum Gasteiger partial charge on any atom is 0.328 e. The van der Waals surface area contributed by atoms with Gasteiger partial charge in [0.1, 0.15) is 18.2 Å². The van der Waals surface area contributed by atoms with Gasteiger partial charge in [-0.2, -0.15) is 0 Å². The van der Waals surface area contributed by atoms with Crippen LogP contribution >= 0.6 is 0 Å². The van der Waals surface area contributed by atoms with Crippen molar-refractivity contribution in [2.24, 2.45) is 0 Å². The van der Waals surface area contributed by atoms with E-state index in [1.54, 1.807) is 26.0 Å². The molecule has 2 heterocycles. The van der Waals surface area contributed by atoms with Crippen molar-refractivity contribution in [1.29, 1.82) is 0 Å². The first-order valence-electron chi connectivity index (χ1n) is 7.72. The molecule has 1 aromatic carbocycles. The summed E-state index contributed by atoms with van der Waals surface area (Å²) >= 11 is 0. The summed E-state index contributed by atoms with van der Waals surface area (Å²) in [5.74, 6) is -0.856. The van der Waals surface area contributed by atoms with Crippen LogP contribution in [0.25, 0.3) is 11.2 Å². The van der Waals surface area contributed by atoms with Gasteiger partial charge in [0.05, 0.1) is 13.2 Å². The summed E-state index contributed by atoms with van der Waals surface area (Å²) in [5, 5.41) is 7.81. The van der Waals surface area contributed by atoms with E-state index in [1.165, 1.54) is 23.1 Å². The largest absolute Gasteiger partial charge is 0.464 e. The van der Waals surface area contributed by atoms with Crippen LogP contribution < -0.4 is 5.56 Å². The molecular weight excluding hydrogens is 329 g/mol. The highest BCUT2D eigenvalue weighted by Crippen LogP contribution is 2.11. The summed E-state index contributed by atoms with van der Waals surface area (Å²) in [6.45, 7) is 3.76. The fraction of sp³-hybridized carbons (Fsp3) is 0.312. The lowest BCUT2D eigenvalue weighted by atomic mass is 10.2. The molecule has 0 N–H and O–H groups in total. The average Bonchev–Trinajstić information content (AvgIpc) is 3.01. The fourth-order valence-electron chi connectivity index (χ4n) is 2.39. The van der Waals surface area contributed by atoms with Gasteiger partial charge in [-0.25, -0.2) is 18.9 Å². The number of hydrogen-bond acceptors (Lipinski definition) is 6. The molecule has 9 heteroatoms. The molecule has 0 aliphatic rings. The van der Waals surface area contributed by atoms with Crippen molar-refractivity contribution < 1.29 is 13.9 Å². The first-order valence-corrected chi connectivity index (χ1v) is 7.72. The molecule has 0 fully saturated rings. The van der Waals surface area contributed by atoms with Crippen molar-refractivity contribution in [3.8, 4) is 0 Å². The van der Waals surface area contributed by atoms with Gasteiger partial charge in [-0.15, -0.1) is 5.10 Å². The molecule has 0 unspecified atom stereocenters. The van der Waals surface area contributed by atoms with Crippen molar-refractivity contribution in [1.82, 2.24) is 24.5 Å². The first kappa shape index (κ1) is 16.7. The third-order valence-corrected chi connectivity index (χ3v) is 3.74. The predicted molar refractivity (Wildman–Crippen MR) is 86.4 cm³/mol. The minimum absolute atomic E-state index is 0.0563. The molecule has 3 rings (SSSR count). The van der Waals surface area contributed by atoms with Gasteiger partial charge in [0.15, 0.2) is 11.2 Å². The predicted octanol–water partition coefficient (Wildman–Crippen LogP) is 1.30. The van der Waals surface area contributed by atoms with Crippen LogP contribution in [0.2, 0.25) is 0 Å². The molecule has 0 spiro atoms. The van der Waals surface area contributed by atoms with Gasteiger partial charge in [0.2, 0.25) is 0 Å². The Balaban J connectivity index is 1.95. The van der Waals surface area contributed by atoms with Gasteiger partial charge in [-0.05, 0) is 31.5 Å². The molecule has 3 aromatic rings. The zero-order valence-electron chi connectivity index (χ0n) is 13.7. The van der Waals surface area contributed by atoms with E-state index in [0.717, 1.165) is 10.1 Å². The van der Waals surface area contributed by atoms with Crippen LogP contribution in [-0.4, -0.2) is 37.1 Å². The van der Waals surface area contributed by atoms with Crippen molar-refractivity contribution in [2.75, 3.05) is 6.61 Å². The first-order chi connectivity index (χ1) is 12.0. The maximum absolute atomic E-state index is 13.0. The van der Waals surface area contributed by atoms with Crippen molar-refractivity contribution in [2.45, 2.75) is 26.4 Å². The number of rotatable bonds is 5. The van der Waals surface area contributed by atoms with E-state index < -0.39 is 17.6 Å². The van der Waals surface area contributed by atoms with Crippen molar-refractivity contribution >= 4 is 17.1 Å². The topological polar surface area (TPSA) is 91.9 Å². The molecule has 0 bridgehead atoms. The normalized spacial score (nSPS) is 12.3. The van der Waals surface area contributed by atoms with Crippen LogP contribution in [0.4, 0.5) is 4.39 Å². The lowest BCUT2D eigenvalue weighted by Crippen LogP contribution is -2.29. The van der Waals surface area contributed by atoms with Crippen LogP contribution in [0.3, 0.4) is 0 Å². The maximum atomic E-state index is 13.0. The number of ether oxygens (including phenoxy) is 1. The molecule has 2 aromatic heterocycles.